The summed E-state index contributed by atoms with van der Waals surface area (Å²) in [6, 6.07) is 19.7. The van der Waals surface area contributed by atoms with Crippen molar-refractivity contribution in [2.24, 2.45) is 0 Å². The Morgan fingerprint density at radius 2 is 1.55 bits per heavy atom. The number of benzene rings is 2. The molecule has 0 bridgehead atoms. The fourth-order valence-corrected chi connectivity index (χ4v) is 7.83. The van der Waals surface area contributed by atoms with E-state index in [1.165, 1.54) is 0 Å². The molecular formula is C26H38O3PSi+. The van der Waals surface area contributed by atoms with Gasteiger partial charge in [0, 0.05) is 18.1 Å². The molecule has 0 saturated heterocycles. The highest BCUT2D eigenvalue weighted by molar-refractivity contribution is 7.54. The first kappa shape index (κ1) is 24.3. The molecule has 2 aromatic rings. The molecule has 3 unspecified atom stereocenters. The van der Waals surface area contributed by atoms with E-state index in [1.807, 2.05) is 60.7 Å². The van der Waals surface area contributed by atoms with Gasteiger partial charge in [0.25, 0.3) is 0 Å². The van der Waals surface area contributed by atoms with Crippen LogP contribution in [-0.4, -0.2) is 25.6 Å². The Hall–Kier alpha value is -1.32. The molecule has 1 saturated carbocycles. The molecule has 3 nitrogen and oxygen atoms in total. The van der Waals surface area contributed by atoms with Crippen molar-refractivity contribution in [3.8, 4) is 0 Å². The molecule has 5 heteroatoms. The molecule has 2 aromatic carbocycles. The van der Waals surface area contributed by atoms with E-state index in [-0.39, 0.29) is 11.1 Å². The number of aliphatic hydroxyl groups is 1. The topological polar surface area (TPSA) is 46.5 Å². The van der Waals surface area contributed by atoms with Crippen molar-refractivity contribution < 1.29 is 14.1 Å². The van der Waals surface area contributed by atoms with E-state index in [2.05, 4.69) is 33.9 Å². The fraction of sp³-hybridized carbons (Fsp3) is 0.538. The van der Waals surface area contributed by atoms with Gasteiger partial charge in [0.1, 0.15) is 6.10 Å². The zero-order valence-electron chi connectivity index (χ0n) is 19.7. The van der Waals surface area contributed by atoms with Crippen LogP contribution < -0.4 is 5.30 Å². The number of aliphatic hydroxyl groups excluding tert-OH is 1. The lowest BCUT2D eigenvalue weighted by Crippen LogP contribution is -2.46. The summed E-state index contributed by atoms with van der Waals surface area (Å²) in [6.45, 7) is 11.4. The average Bonchev–Trinajstić information content (AvgIpc) is 2.73. The highest BCUT2D eigenvalue weighted by Crippen LogP contribution is 2.55. The Morgan fingerprint density at radius 1 is 0.968 bits per heavy atom. The van der Waals surface area contributed by atoms with Gasteiger partial charge in [-0.15, -0.1) is 0 Å². The first-order valence-corrected chi connectivity index (χ1v) is 15.7. The van der Waals surface area contributed by atoms with Crippen LogP contribution in [0.3, 0.4) is 0 Å². The summed E-state index contributed by atoms with van der Waals surface area (Å²) in [7, 11) is -3.74. The number of rotatable bonds is 5. The Bertz CT molecular complexity index is 863. The molecule has 0 spiro atoms. The zero-order valence-corrected chi connectivity index (χ0v) is 21.6. The van der Waals surface area contributed by atoms with E-state index in [4.69, 9.17) is 4.43 Å². The summed E-state index contributed by atoms with van der Waals surface area (Å²) in [5, 5.41) is 11.6. The van der Waals surface area contributed by atoms with Gasteiger partial charge in [-0.3, -0.25) is 0 Å². The van der Waals surface area contributed by atoms with Crippen LogP contribution in [-0.2, 0) is 14.1 Å². The second-order valence-corrected chi connectivity index (χ2v) is 17.1. The van der Waals surface area contributed by atoms with Gasteiger partial charge in [-0.1, -0.05) is 73.9 Å². The molecular weight excluding hydrogens is 419 g/mol. The van der Waals surface area contributed by atoms with Gasteiger partial charge in [-0.2, -0.15) is 0 Å². The minimum absolute atomic E-state index is 0.149. The number of hydrogen-bond acceptors (Lipinski definition) is 3. The van der Waals surface area contributed by atoms with Crippen molar-refractivity contribution in [1.29, 1.82) is 0 Å². The molecule has 3 rings (SSSR count). The maximum absolute atomic E-state index is 14.1. The van der Waals surface area contributed by atoms with Crippen LogP contribution in [0, 0.1) is 0 Å². The summed E-state index contributed by atoms with van der Waals surface area (Å²) in [4.78, 5) is 0. The lowest BCUT2D eigenvalue weighted by molar-refractivity contribution is 0.0685. The van der Waals surface area contributed by atoms with Gasteiger partial charge >= 0.3 is 7.80 Å². The fourth-order valence-electron chi connectivity index (χ4n) is 4.39. The summed E-state index contributed by atoms with van der Waals surface area (Å²) in [6.07, 6.45) is 3.45. The van der Waals surface area contributed by atoms with Crippen LogP contribution in [0.15, 0.2) is 60.7 Å². The predicted octanol–water partition coefficient (Wildman–Crippen LogP) is 6.75. The minimum atomic E-state index is -1.90. The van der Waals surface area contributed by atoms with Crippen LogP contribution in [0.4, 0.5) is 0 Å². The van der Waals surface area contributed by atoms with Crippen molar-refractivity contribution in [1.82, 2.24) is 0 Å². The molecule has 0 aromatic heterocycles. The van der Waals surface area contributed by atoms with Crippen LogP contribution in [0.1, 0.15) is 58.4 Å². The largest absolute Gasteiger partial charge is 0.414 e. The molecule has 4 atom stereocenters. The van der Waals surface area contributed by atoms with E-state index < -0.39 is 27.4 Å². The summed E-state index contributed by atoms with van der Waals surface area (Å²) in [5.41, 5.74) is 0.973. The lowest BCUT2D eigenvalue weighted by atomic mass is 9.82. The normalized spacial score (nSPS) is 26.1. The molecule has 1 N–H and O–H groups in total. The highest BCUT2D eigenvalue weighted by atomic mass is 31.1. The van der Waals surface area contributed by atoms with Crippen molar-refractivity contribution in [3.63, 3.8) is 0 Å². The van der Waals surface area contributed by atoms with Gasteiger partial charge in [-0.25, -0.2) is 0 Å². The standard InChI is InChI=1S/C26H38O3PSi/c1-25(2,3)31(4,5)29-22-15-12-18-24(27)26(20-19-22,21-13-8-6-9-14-21)30(28)23-16-10-7-11-17-23/h6-11,13-14,16-17,22,24,27H,12,15,18-20H2,1-5H3/q+1/t22?,24?,26-/m0/s1. The molecule has 168 valence electrons. The molecule has 0 heterocycles. The second-order valence-electron chi connectivity index (χ2n) is 10.4. The van der Waals surface area contributed by atoms with Gasteiger partial charge < -0.3 is 9.53 Å². The molecule has 0 radical (unpaired) electrons. The van der Waals surface area contributed by atoms with Crippen LogP contribution in [0.2, 0.25) is 18.1 Å². The third-order valence-electron chi connectivity index (χ3n) is 7.30. The van der Waals surface area contributed by atoms with Gasteiger partial charge in [0.2, 0.25) is 5.16 Å². The van der Waals surface area contributed by atoms with Crippen LogP contribution >= 0.6 is 7.80 Å². The summed E-state index contributed by atoms with van der Waals surface area (Å²) in [5.74, 6) is 0. The highest BCUT2D eigenvalue weighted by Gasteiger charge is 2.57. The molecule has 31 heavy (non-hydrogen) atoms. The van der Waals surface area contributed by atoms with Crippen molar-refractivity contribution in [3.05, 3.63) is 66.2 Å². The predicted molar refractivity (Wildman–Crippen MR) is 133 cm³/mol. The van der Waals surface area contributed by atoms with E-state index >= 15 is 0 Å². The smallest absolute Gasteiger partial charge is 0.390 e. The van der Waals surface area contributed by atoms with E-state index in [0.29, 0.717) is 12.8 Å². The quantitative estimate of drug-likeness (QED) is 0.399. The molecule has 0 amide bonds. The van der Waals surface area contributed by atoms with E-state index in [0.717, 1.165) is 30.1 Å². The minimum Gasteiger partial charge on any atom is -0.414 e. The van der Waals surface area contributed by atoms with Gasteiger partial charge in [0.05, 0.1) is 0 Å². The molecule has 1 aliphatic carbocycles. The summed E-state index contributed by atoms with van der Waals surface area (Å²) >= 11 is 0. The number of hydrogen-bond donors (Lipinski definition) is 1. The Kier molecular flexibility index (Phi) is 7.58. The van der Waals surface area contributed by atoms with E-state index in [1.54, 1.807) is 0 Å². The van der Waals surface area contributed by atoms with E-state index in [9.17, 15) is 9.67 Å². The first-order valence-electron chi connectivity index (χ1n) is 11.5. The first-order chi connectivity index (χ1) is 14.6. The Morgan fingerprint density at radius 3 is 2.13 bits per heavy atom. The Balaban J connectivity index is 1.98. The monoisotopic (exact) mass is 457 g/mol. The molecule has 0 aliphatic heterocycles. The lowest BCUT2D eigenvalue weighted by Gasteiger charge is -2.41. The maximum Gasteiger partial charge on any atom is 0.390 e. The average molecular weight is 458 g/mol. The molecule has 1 aliphatic rings. The summed E-state index contributed by atoms with van der Waals surface area (Å²) < 4.78 is 20.9. The third kappa shape index (κ3) is 5.20. The van der Waals surface area contributed by atoms with Crippen LogP contribution in [0.25, 0.3) is 0 Å². The molecule has 1 fully saturated rings. The van der Waals surface area contributed by atoms with Crippen molar-refractivity contribution >= 4 is 21.4 Å². The van der Waals surface area contributed by atoms with Crippen LogP contribution in [0.5, 0.6) is 0 Å². The van der Waals surface area contributed by atoms with Crippen molar-refractivity contribution in [2.45, 2.75) is 88.4 Å². The van der Waals surface area contributed by atoms with Gasteiger partial charge in [0.15, 0.2) is 13.6 Å². The second kappa shape index (κ2) is 9.66. The van der Waals surface area contributed by atoms with Gasteiger partial charge in [-0.05, 0) is 55.9 Å². The zero-order chi connectivity index (χ0) is 22.7. The SMILES string of the molecule is CC(C)(C)[Si](C)(C)OC1CCCC(O)[C@](c2ccccc2)([P+](=O)c2ccccc2)CC1. The third-order valence-corrected chi connectivity index (χ3v) is 14.1. The van der Waals surface area contributed by atoms with Crippen molar-refractivity contribution in [2.75, 3.05) is 0 Å². The maximum atomic E-state index is 14.1. The Labute approximate surface area is 190 Å².